The maximum atomic E-state index is 10.9. The van der Waals surface area contributed by atoms with Crippen LogP contribution in [0.15, 0.2) is 29.4 Å². The maximum absolute atomic E-state index is 10.9. The summed E-state index contributed by atoms with van der Waals surface area (Å²) in [5.74, 6) is 0.406. The van der Waals surface area contributed by atoms with Crippen molar-refractivity contribution in [2.75, 3.05) is 18.5 Å². The second-order valence-corrected chi connectivity index (χ2v) is 6.68. The van der Waals surface area contributed by atoms with Crippen molar-refractivity contribution in [2.24, 2.45) is 0 Å². The number of aromatic carboxylic acids is 1. The van der Waals surface area contributed by atoms with Crippen LogP contribution < -0.4 is 10.0 Å². The van der Waals surface area contributed by atoms with E-state index in [2.05, 4.69) is 21.8 Å². The number of thioether (sulfide) groups is 1. The van der Waals surface area contributed by atoms with Crippen LogP contribution in [0.4, 0.5) is 5.82 Å². The number of aryl methyl sites for hydroxylation is 1. The van der Waals surface area contributed by atoms with Gasteiger partial charge in [0.2, 0.25) is 0 Å². The van der Waals surface area contributed by atoms with Gasteiger partial charge in [-0.3, -0.25) is 0 Å². The quantitative estimate of drug-likeness (QED) is 0.568. The Hall–Kier alpha value is -2.08. The van der Waals surface area contributed by atoms with Crippen molar-refractivity contribution in [3.8, 4) is 0 Å². The number of hydrogen-bond donors (Lipinski definition) is 0. The van der Waals surface area contributed by atoms with Crippen LogP contribution in [0.25, 0.3) is 0 Å². The molecule has 0 saturated carbocycles. The van der Waals surface area contributed by atoms with Crippen molar-refractivity contribution in [2.45, 2.75) is 38.1 Å². The molecule has 0 unspecified atom stereocenters. The standard InChI is InChI=1S/C18H23N3O2S/c1-5-9-21(4)16-12(2)13(3)19-18(20-16)24-11-14-7-6-8-15(10-14)17(22)23/h6-8,10H,5,9,11H2,1-4H3,(H,22,23)/p-1. The number of carbonyl (C=O) groups is 1. The Morgan fingerprint density at radius 3 is 2.71 bits per heavy atom. The Balaban J connectivity index is 2.18. The van der Waals surface area contributed by atoms with Gasteiger partial charge in [-0.1, -0.05) is 36.9 Å². The normalized spacial score (nSPS) is 10.7. The first kappa shape index (κ1) is 18.3. The second-order valence-electron chi connectivity index (χ2n) is 5.74. The zero-order chi connectivity index (χ0) is 17.7. The molecule has 128 valence electrons. The molecule has 6 heteroatoms. The molecule has 0 fully saturated rings. The number of hydrogen-bond acceptors (Lipinski definition) is 6. The van der Waals surface area contributed by atoms with Crippen LogP contribution >= 0.6 is 11.8 Å². The van der Waals surface area contributed by atoms with E-state index in [9.17, 15) is 9.90 Å². The van der Waals surface area contributed by atoms with E-state index in [-0.39, 0.29) is 5.56 Å². The molecule has 0 amide bonds. The molecule has 2 rings (SSSR count). The van der Waals surface area contributed by atoms with Crippen LogP contribution in [0.5, 0.6) is 0 Å². The second kappa shape index (κ2) is 8.15. The molecule has 0 aliphatic heterocycles. The van der Waals surface area contributed by atoms with Gasteiger partial charge in [-0.05, 0) is 37.5 Å². The third-order valence-electron chi connectivity index (χ3n) is 3.79. The van der Waals surface area contributed by atoms with Gasteiger partial charge < -0.3 is 14.8 Å². The minimum atomic E-state index is -1.16. The molecule has 1 aromatic carbocycles. The van der Waals surface area contributed by atoms with Crippen LogP contribution in [0, 0.1) is 13.8 Å². The fourth-order valence-corrected chi connectivity index (χ4v) is 3.23. The molecule has 5 nitrogen and oxygen atoms in total. The lowest BCUT2D eigenvalue weighted by molar-refractivity contribution is -0.255. The molecule has 0 aliphatic carbocycles. The molecule has 0 bridgehead atoms. The highest BCUT2D eigenvalue weighted by molar-refractivity contribution is 7.98. The number of carbonyl (C=O) groups excluding carboxylic acids is 1. The summed E-state index contributed by atoms with van der Waals surface area (Å²) in [6.07, 6.45) is 1.05. The predicted octanol–water partition coefficient (Wildman–Crippen LogP) is 2.60. The van der Waals surface area contributed by atoms with E-state index < -0.39 is 5.97 Å². The van der Waals surface area contributed by atoms with Crippen molar-refractivity contribution in [3.63, 3.8) is 0 Å². The molecular weight excluding hydrogens is 322 g/mol. The van der Waals surface area contributed by atoms with Crippen LogP contribution in [0.1, 0.15) is 40.5 Å². The molecule has 24 heavy (non-hydrogen) atoms. The smallest absolute Gasteiger partial charge is 0.190 e. The minimum absolute atomic E-state index is 0.192. The van der Waals surface area contributed by atoms with E-state index in [0.717, 1.165) is 35.6 Å². The summed E-state index contributed by atoms with van der Waals surface area (Å²) < 4.78 is 0. The Kier molecular flexibility index (Phi) is 6.20. The largest absolute Gasteiger partial charge is 0.545 e. The van der Waals surface area contributed by atoms with E-state index in [1.807, 2.05) is 27.0 Å². The number of rotatable bonds is 7. The Morgan fingerprint density at radius 1 is 1.29 bits per heavy atom. The molecule has 0 saturated heterocycles. The van der Waals surface area contributed by atoms with Crippen LogP contribution in [-0.4, -0.2) is 29.5 Å². The summed E-state index contributed by atoms with van der Waals surface area (Å²) in [7, 11) is 2.04. The fourth-order valence-electron chi connectivity index (χ4n) is 2.40. The lowest BCUT2D eigenvalue weighted by Gasteiger charge is -2.20. The summed E-state index contributed by atoms with van der Waals surface area (Å²) in [5.41, 5.74) is 3.16. The monoisotopic (exact) mass is 344 g/mol. The molecule has 0 N–H and O–H groups in total. The zero-order valence-electron chi connectivity index (χ0n) is 14.5. The van der Waals surface area contributed by atoms with Gasteiger partial charge in [0, 0.05) is 30.6 Å². The van der Waals surface area contributed by atoms with Gasteiger partial charge in [0.05, 0.1) is 5.97 Å². The van der Waals surface area contributed by atoms with Gasteiger partial charge in [-0.15, -0.1) is 0 Å². The predicted molar refractivity (Wildman–Crippen MR) is 95.4 cm³/mol. The number of carboxylic acids is 1. The Morgan fingerprint density at radius 2 is 2.04 bits per heavy atom. The average molecular weight is 344 g/mol. The summed E-state index contributed by atoms with van der Waals surface area (Å²) >= 11 is 1.50. The lowest BCUT2D eigenvalue weighted by Crippen LogP contribution is -2.22. The minimum Gasteiger partial charge on any atom is -0.545 e. The third-order valence-corrected chi connectivity index (χ3v) is 4.71. The summed E-state index contributed by atoms with van der Waals surface area (Å²) in [6, 6.07) is 6.79. The summed E-state index contributed by atoms with van der Waals surface area (Å²) in [6.45, 7) is 7.10. The van der Waals surface area contributed by atoms with E-state index in [0.29, 0.717) is 10.9 Å². The SMILES string of the molecule is CCCN(C)c1nc(SCc2cccc(C(=O)[O-])c2)nc(C)c1C. The van der Waals surface area contributed by atoms with Crippen molar-refractivity contribution in [1.82, 2.24) is 9.97 Å². The molecule has 0 atom stereocenters. The maximum Gasteiger partial charge on any atom is 0.190 e. The molecule has 0 spiro atoms. The first-order valence-corrected chi connectivity index (χ1v) is 8.90. The molecule has 0 radical (unpaired) electrons. The molecular formula is C18H22N3O2S-. The summed E-state index contributed by atoms with van der Waals surface area (Å²) in [4.78, 5) is 22.3. The van der Waals surface area contributed by atoms with Crippen LogP contribution in [0.3, 0.4) is 0 Å². The number of nitrogens with zero attached hydrogens (tertiary/aromatic N) is 3. The van der Waals surface area contributed by atoms with Crippen molar-refractivity contribution in [3.05, 3.63) is 46.6 Å². The molecule has 2 aromatic rings. The third kappa shape index (κ3) is 4.47. The van der Waals surface area contributed by atoms with Gasteiger partial charge in [-0.2, -0.15) is 0 Å². The zero-order valence-corrected chi connectivity index (χ0v) is 15.3. The highest BCUT2D eigenvalue weighted by atomic mass is 32.2. The molecule has 1 aromatic heterocycles. The van der Waals surface area contributed by atoms with Crippen molar-refractivity contribution >= 4 is 23.5 Å². The Bertz CT molecular complexity index is 734. The van der Waals surface area contributed by atoms with E-state index in [1.54, 1.807) is 12.1 Å². The number of carboxylic acid groups (broad SMARTS) is 1. The van der Waals surface area contributed by atoms with Crippen LogP contribution in [0.2, 0.25) is 0 Å². The van der Waals surface area contributed by atoms with Gasteiger partial charge >= 0.3 is 0 Å². The first-order valence-electron chi connectivity index (χ1n) is 7.91. The lowest BCUT2D eigenvalue weighted by atomic mass is 10.1. The topological polar surface area (TPSA) is 69.2 Å². The fraction of sp³-hybridized carbons (Fsp3) is 0.389. The highest BCUT2D eigenvalue weighted by Gasteiger charge is 2.12. The van der Waals surface area contributed by atoms with Crippen molar-refractivity contribution < 1.29 is 9.90 Å². The highest BCUT2D eigenvalue weighted by Crippen LogP contribution is 2.25. The number of benzene rings is 1. The average Bonchev–Trinajstić information content (AvgIpc) is 2.56. The summed E-state index contributed by atoms with van der Waals surface area (Å²) in [5, 5.41) is 11.6. The van der Waals surface area contributed by atoms with Gasteiger partial charge in [0.25, 0.3) is 0 Å². The first-order chi connectivity index (χ1) is 11.4. The molecule has 0 aliphatic rings. The van der Waals surface area contributed by atoms with Gasteiger partial charge in [0.15, 0.2) is 5.16 Å². The van der Waals surface area contributed by atoms with E-state index >= 15 is 0 Å². The molecule has 1 heterocycles. The Labute approximate surface area is 147 Å². The van der Waals surface area contributed by atoms with E-state index in [4.69, 9.17) is 0 Å². The number of anilines is 1. The van der Waals surface area contributed by atoms with Gasteiger partial charge in [0.1, 0.15) is 5.82 Å². The van der Waals surface area contributed by atoms with Gasteiger partial charge in [-0.25, -0.2) is 9.97 Å². The van der Waals surface area contributed by atoms with Crippen LogP contribution in [-0.2, 0) is 5.75 Å². The number of aromatic nitrogens is 2. The van der Waals surface area contributed by atoms with Crippen molar-refractivity contribution in [1.29, 1.82) is 0 Å². The van der Waals surface area contributed by atoms with E-state index in [1.165, 1.54) is 17.8 Å².